The smallest absolute Gasteiger partial charge is 0.444 e. The Hall–Kier alpha value is -2.13. The summed E-state index contributed by atoms with van der Waals surface area (Å²) in [6.07, 6.45) is 2.88. The summed E-state index contributed by atoms with van der Waals surface area (Å²) in [5.41, 5.74) is -0.296. The van der Waals surface area contributed by atoms with Crippen LogP contribution in [0.5, 0.6) is 0 Å². The number of piperazine rings is 1. The average molecular weight is 431 g/mol. The van der Waals surface area contributed by atoms with Crippen LogP contribution in [-0.2, 0) is 14.0 Å². The number of carbonyl (C=O) groups is 2. The van der Waals surface area contributed by atoms with E-state index in [0.29, 0.717) is 30.7 Å². The van der Waals surface area contributed by atoms with Crippen molar-refractivity contribution in [3.63, 3.8) is 0 Å². The molecule has 0 unspecified atom stereocenters. The molecule has 2 fully saturated rings. The van der Waals surface area contributed by atoms with Crippen molar-refractivity contribution in [3.05, 3.63) is 24.0 Å². The van der Waals surface area contributed by atoms with Gasteiger partial charge in [-0.1, -0.05) is 0 Å². The molecule has 9 heteroatoms. The van der Waals surface area contributed by atoms with E-state index in [2.05, 4.69) is 4.98 Å². The molecular weight excluding hydrogens is 397 g/mol. The number of aromatic nitrogens is 1. The van der Waals surface area contributed by atoms with Crippen molar-refractivity contribution in [2.45, 2.75) is 78.2 Å². The molecule has 31 heavy (non-hydrogen) atoms. The van der Waals surface area contributed by atoms with Gasteiger partial charge < -0.3 is 23.8 Å². The average Bonchev–Trinajstić information content (AvgIpc) is 2.87. The maximum absolute atomic E-state index is 13.2. The fraction of sp³-hybridized carbons (Fsp3) is 0.682. The van der Waals surface area contributed by atoms with Gasteiger partial charge in [-0.25, -0.2) is 4.79 Å². The van der Waals surface area contributed by atoms with Gasteiger partial charge in [0.25, 0.3) is 5.91 Å². The van der Waals surface area contributed by atoms with E-state index in [-0.39, 0.29) is 18.0 Å². The van der Waals surface area contributed by atoms with Crippen molar-refractivity contribution < 1.29 is 23.6 Å². The number of hydrogen-bond donors (Lipinski definition) is 0. The molecule has 170 valence electrons. The zero-order chi connectivity index (χ0) is 23.2. The highest BCUT2D eigenvalue weighted by atomic mass is 16.7. The Kier molecular flexibility index (Phi) is 6.14. The molecule has 1 aromatic rings. The number of rotatable bonds is 2. The minimum Gasteiger partial charge on any atom is -0.444 e. The van der Waals surface area contributed by atoms with Crippen LogP contribution in [0, 0.1) is 0 Å². The van der Waals surface area contributed by atoms with Crippen LogP contribution in [0.25, 0.3) is 0 Å². The first-order chi connectivity index (χ1) is 14.2. The van der Waals surface area contributed by atoms with Crippen LogP contribution >= 0.6 is 0 Å². The molecule has 3 rings (SSSR count). The zero-order valence-electron chi connectivity index (χ0n) is 19.9. The second-order valence-corrected chi connectivity index (χ2v) is 10.4. The highest BCUT2D eigenvalue weighted by molar-refractivity contribution is 6.62. The van der Waals surface area contributed by atoms with E-state index in [0.717, 1.165) is 0 Å². The molecule has 2 amide bonds. The summed E-state index contributed by atoms with van der Waals surface area (Å²) in [5.74, 6) is -0.123. The summed E-state index contributed by atoms with van der Waals surface area (Å²) in [5, 5.41) is 0. The molecule has 2 aliphatic heterocycles. The number of hydrogen-bond acceptors (Lipinski definition) is 6. The third-order valence-electron chi connectivity index (χ3n) is 6.07. The van der Waals surface area contributed by atoms with Crippen LogP contribution in [0.1, 0.15) is 65.7 Å². The van der Waals surface area contributed by atoms with Gasteiger partial charge in [0.05, 0.1) is 16.8 Å². The van der Waals surface area contributed by atoms with Gasteiger partial charge in [-0.3, -0.25) is 9.78 Å². The summed E-state index contributed by atoms with van der Waals surface area (Å²) < 4.78 is 17.6. The molecule has 8 nitrogen and oxygen atoms in total. The number of amides is 2. The third kappa shape index (κ3) is 5.04. The van der Waals surface area contributed by atoms with E-state index in [1.807, 2.05) is 55.4 Å². The van der Waals surface area contributed by atoms with E-state index in [9.17, 15) is 9.59 Å². The van der Waals surface area contributed by atoms with E-state index in [4.69, 9.17) is 14.0 Å². The molecule has 0 radical (unpaired) electrons. The highest BCUT2D eigenvalue weighted by Gasteiger charge is 2.52. The topological polar surface area (TPSA) is 81.2 Å². The van der Waals surface area contributed by atoms with Crippen molar-refractivity contribution in [1.29, 1.82) is 0 Å². The van der Waals surface area contributed by atoms with Crippen molar-refractivity contribution in [1.82, 2.24) is 14.8 Å². The monoisotopic (exact) mass is 431 g/mol. The molecule has 3 heterocycles. The Morgan fingerprint density at radius 2 is 1.74 bits per heavy atom. The minimum atomic E-state index is -0.577. The van der Waals surface area contributed by atoms with Gasteiger partial charge in [-0.2, -0.15) is 0 Å². The van der Waals surface area contributed by atoms with Crippen LogP contribution < -0.4 is 5.46 Å². The predicted molar refractivity (Wildman–Crippen MR) is 118 cm³/mol. The summed E-state index contributed by atoms with van der Waals surface area (Å²) in [7, 11) is -0.577. The fourth-order valence-electron chi connectivity index (χ4n) is 3.60. The van der Waals surface area contributed by atoms with E-state index >= 15 is 0 Å². The van der Waals surface area contributed by atoms with Crippen molar-refractivity contribution >= 4 is 24.6 Å². The quantitative estimate of drug-likeness (QED) is 0.670. The number of nitrogens with zero attached hydrogens (tertiary/aromatic N) is 3. The standard InChI is InChI=1S/C22H34BN3O5/c1-15-14-25(19(28)29-20(2,3)4)9-10-26(15)18(27)16-11-17(13-24-12-16)23-30-21(5,6)22(7,8)31-23/h11-13,15H,9-10,14H2,1-8H3/t15-/m1/s1. The molecule has 2 aliphatic rings. The molecule has 0 bridgehead atoms. The van der Waals surface area contributed by atoms with Crippen LogP contribution in [0.15, 0.2) is 18.5 Å². The molecule has 2 saturated heterocycles. The lowest BCUT2D eigenvalue weighted by atomic mass is 9.79. The Morgan fingerprint density at radius 1 is 1.13 bits per heavy atom. The first-order valence-corrected chi connectivity index (χ1v) is 10.8. The zero-order valence-corrected chi connectivity index (χ0v) is 19.9. The Labute approximate surface area is 185 Å². The molecular formula is C22H34BN3O5. The van der Waals surface area contributed by atoms with Crippen LogP contribution in [0.4, 0.5) is 4.79 Å². The van der Waals surface area contributed by atoms with Gasteiger partial charge in [0.15, 0.2) is 0 Å². The minimum absolute atomic E-state index is 0.123. The lowest BCUT2D eigenvalue weighted by Crippen LogP contribution is -2.56. The number of pyridine rings is 1. The lowest BCUT2D eigenvalue weighted by molar-refractivity contribution is 0.00578. The van der Waals surface area contributed by atoms with E-state index in [1.165, 1.54) is 0 Å². The fourth-order valence-corrected chi connectivity index (χ4v) is 3.60. The molecule has 0 aliphatic carbocycles. The maximum Gasteiger partial charge on any atom is 0.496 e. The Balaban J connectivity index is 1.69. The largest absolute Gasteiger partial charge is 0.496 e. The van der Waals surface area contributed by atoms with Gasteiger partial charge in [-0.15, -0.1) is 0 Å². The van der Waals surface area contributed by atoms with Crippen LogP contribution in [0.2, 0.25) is 0 Å². The number of carbonyl (C=O) groups excluding carboxylic acids is 2. The lowest BCUT2D eigenvalue weighted by Gasteiger charge is -2.40. The molecule has 0 spiro atoms. The normalized spacial score (nSPS) is 23.1. The maximum atomic E-state index is 13.2. The summed E-state index contributed by atoms with van der Waals surface area (Å²) in [4.78, 5) is 33.3. The highest BCUT2D eigenvalue weighted by Crippen LogP contribution is 2.36. The second-order valence-electron chi connectivity index (χ2n) is 10.4. The van der Waals surface area contributed by atoms with Crippen molar-refractivity contribution in [2.24, 2.45) is 0 Å². The van der Waals surface area contributed by atoms with Gasteiger partial charge in [0.2, 0.25) is 0 Å². The Morgan fingerprint density at radius 3 is 2.29 bits per heavy atom. The van der Waals surface area contributed by atoms with Crippen LogP contribution in [0.3, 0.4) is 0 Å². The SMILES string of the molecule is C[C@@H]1CN(C(=O)OC(C)(C)C)CCN1C(=O)c1cncc(B2OC(C)(C)C(C)(C)O2)c1. The summed E-state index contributed by atoms with van der Waals surface area (Å²) in [6.45, 7) is 16.7. The number of ether oxygens (including phenoxy) is 1. The van der Waals surface area contributed by atoms with Gasteiger partial charge in [-0.05, 0) is 61.5 Å². The summed E-state index contributed by atoms with van der Waals surface area (Å²) >= 11 is 0. The predicted octanol–water partition coefficient (Wildman–Crippen LogP) is 2.46. The van der Waals surface area contributed by atoms with Crippen molar-refractivity contribution in [3.8, 4) is 0 Å². The first kappa shape index (κ1) is 23.5. The van der Waals surface area contributed by atoms with E-state index < -0.39 is 23.9 Å². The second kappa shape index (κ2) is 8.09. The molecule has 1 aromatic heterocycles. The Bertz CT molecular complexity index is 836. The molecule has 0 aromatic carbocycles. The first-order valence-electron chi connectivity index (χ1n) is 10.8. The third-order valence-corrected chi connectivity index (χ3v) is 6.07. The van der Waals surface area contributed by atoms with Crippen LogP contribution in [-0.4, -0.2) is 76.4 Å². The molecule has 0 N–H and O–H groups in total. The van der Waals surface area contributed by atoms with E-state index in [1.54, 1.807) is 28.3 Å². The molecule has 0 saturated carbocycles. The molecule has 1 atom stereocenters. The van der Waals surface area contributed by atoms with Gasteiger partial charge >= 0.3 is 13.2 Å². The van der Waals surface area contributed by atoms with Crippen molar-refractivity contribution in [2.75, 3.05) is 19.6 Å². The van der Waals surface area contributed by atoms with Gasteiger partial charge in [0, 0.05) is 43.5 Å². The van der Waals surface area contributed by atoms with Gasteiger partial charge in [0.1, 0.15) is 5.60 Å². The summed E-state index contributed by atoms with van der Waals surface area (Å²) in [6, 6.07) is 1.64.